The molecule has 0 spiro atoms. The normalized spacial score (nSPS) is 10.6. The van der Waals surface area contributed by atoms with Gasteiger partial charge in [-0.15, -0.1) is 0 Å². The molecule has 0 bridgehead atoms. The third-order valence-corrected chi connectivity index (χ3v) is 4.90. The first-order valence-electron chi connectivity index (χ1n) is 9.10. The van der Waals surface area contributed by atoms with E-state index in [-0.39, 0.29) is 5.91 Å². The topological polar surface area (TPSA) is 38.3 Å². The van der Waals surface area contributed by atoms with Gasteiger partial charge in [-0.1, -0.05) is 68.3 Å². The molecule has 2 rings (SSSR count). The number of hydrogen-bond acceptors (Lipinski definition) is 2. The Morgan fingerprint density at radius 2 is 1.65 bits per heavy atom. The van der Waals surface area contributed by atoms with Gasteiger partial charge in [0.15, 0.2) is 0 Å². The fraction of sp³-hybridized carbons (Fsp3) is 0.381. The number of rotatable bonds is 10. The molecule has 0 aromatic heterocycles. The monoisotopic (exact) mass is 393 g/mol. The van der Waals surface area contributed by atoms with E-state index < -0.39 is 0 Å². The van der Waals surface area contributed by atoms with Gasteiger partial charge in [0.05, 0.1) is 22.3 Å². The van der Waals surface area contributed by atoms with E-state index in [1.807, 2.05) is 12.1 Å². The maximum Gasteiger partial charge on any atom is 0.255 e. The van der Waals surface area contributed by atoms with Crippen LogP contribution in [0.25, 0.3) is 0 Å². The number of nitrogens with one attached hydrogen (secondary N) is 1. The second-order valence-corrected chi connectivity index (χ2v) is 6.98. The van der Waals surface area contributed by atoms with E-state index in [0.29, 0.717) is 27.9 Å². The summed E-state index contributed by atoms with van der Waals surface area (Å²) in [6, 6.07) is 12.2. The molecular weight excluding hydrogens is 369 g/mol. The predicted octanol–water partition coefficient (Wildman–Crippen LogP) is 6.99. The molecule has 140 valence electrons. The molecule has 1 N–H and O–H groups in total. The molecule has 3 nitrogen and oxygen atoms in total. The second kappa shape index (κ2) is 11.1. The molecule has 0 fully saturated rings. The van der Waals surface area contributed by atoms with E-state index in [0.717, 1.165) is 12.2 Å². The molecule has 0 heterocycles. The zero-order chi connectivity index (χ0) is 18.8. The number of carbonyl (C=O) groups is 1. The van der Waals surface area contributed by atoms with Crippen molar-refractivity contribution in [2.45, 2.75) is 45.4 Å². The van der Waals surface area contributed by atoms with E-state index in [4.69, 9.17) is 27.9 Å². The summed E-state index contributed by atoms with van der Waals surface area (Å²) in [5.41, 5.74) is 1.03. The molecule has 2 aromatic carbocycles. The summed E-state index contributed by atoms with van der Waals surface area (Å²) in [4.78, 5) is 12.3. The number of carbonyl (C=O) groups excluding carboxylic acids is 1. The number of benzene rings is 2. The molecule has 26 heavy (non-hydrogen) atoms. The Morgan fingerprint density at radius 1 is 0.962 bits per heavy atom. The zero-order valence-corrected chi connectivity index (χ0v) is 16.6. The van der Waals surface area contributed by atoms with Crippen molar-refractivity contribution >= 4 is 34.8 Å². The van der Waals surface area contributed by atoms with Crippen LogP contribution in [-0.2, 0) is 0 Å². The molecule has 2 aromatic rings. The predicted molar refractivity (Wildman–Crippen MR) is 110 cm³/mol. The summed E-state index contributed by atoms with van der Waals surface area (Å²) in [5.74, 6) is 0.535. The molecule has 0 aliphatic rings. The summed E-state index contributed by atoms with van der Waals surface area (Å²) in [5, 5.41) is 3.51. The lowest BCUT2D eigenvalue weighted by molar-refractivity contribution is 0.102. The van der Waals surface area contributed by atoms with Crippen molar-refractivity contribution in [2.24, 2.45) is 0 Å². The van der Waals surface area contributed by atoms with Crippen LogP contribution in [0.2, 0.25) is 10.0 Å². The van der Waals surface area contributed by atoms with E-state index in [1.54, 1.807) is 30.3 Å². The Bertz CT molecular complexity index is 702. The largest absolute Gasteiger partial charge is 0.494 e. The number of anilines is 1. The lowest BCUT2D eigenvalue weighted by atomic mass is 10.1. The highest BCUT2D eigenvalue weighted by Gasteiger charge is 2.10. The van der Waals surface area contributed by atoms with E-state index in [9.17, 15) is 4.79 Å². The minimum atomic E-state index is -0.239. The average Bonchev–Trinajstić information content (AvgIpc) is 2.65. The highest BCUT2D eigenvalue weighted by molar-refractivity contribution is 6.44. The number of unbranched alkanes of at least 4 members (excludes halogenated alkanes) is 5. The second-order valence-electron chi connectivity index (χ2n) is 6.20. The average molecular weight is 394 g/mol. The number of amides is 1. The number of ether oxygens (including phenoxy) is 1. The molecule has 0 saturated heterocycles. The summed E-state index contributed by atoms with van der Waals surface area (Å²) >= 11 is 12.1. The summed E-state index contributed by atoms with van der Waals surface area (Å²) < 4.78 is 5.73. The molecule has 0 aliphatic carbocycles. The highest BCUT2D eigenvalue weighted by Crippen LogP contribution is 2.29. The minimum absolute atomic E-state index is 0.239. The van der Waals surface area contributed by atoms with Crippen LogP contribution in [0, 0.1) is 0 Å². The van der Waals surface area contributed by atoms with Gasteiger partial charge in [-0.2, -0.15) is 0 Å². The fourth-order valence-electron chi connectivity index (χ4n) is 2.57. The van der Waals surface area contributed by atoms with Gasteiger partial charge in [0.2, 0.25) is 0 Å². The van der Waals surface area contributed by atoms with Crippen LogP contribution in [0.3, 0.4) is 0 Å². The van der Waals surface area contributed by atoms with Crippen LogP contribution in [0.5, 0.6) is 5.75 Å². The number of halogens is 2. The Kier molecular flexibility index (Phi) is 8.79. The highest BCUT2D eigenvalue weighted by atomic mass is 35.5. The quantitative estimate of drug-likeness (QED) is 0.441. The molecule has 1 amide bonds. The van der Waals surface area contributed by atoms with Crippen molar-refractivity contribution in [3.63, 3.8) is 0 Å². The van der Waals surface area contributed by atoms with Crippen LogP contribution < -0.4 is 10.1 Å². The van der Waals surface area contributed by atoms with E-state index >= 15 is 0 Å². The molecule has 0 aliphatic heterocycles. The van der Waals surface area contributed by atoms with E-state index in [1.165, 1.54) is 32.1 Å². The lowest BCUT2D eigenvalue weighted by Gasteiger charge is -2.09. The molecule has 5 heteroatoms. The molecule has 0 atom stereocenters. The lowest BCUT2D eigenvalue weighted by Crippen LogP contribution is -2.12. The van der Waals surface area contributed by atoms with Gasteiger partial charge < -0.3 is 10.1 Å². The van der Waals surface area contributed by atoms with Gasteiger partial charge in [-0.25, -0.2) is 0 Å². The van der Waals surface area contributed by atoms with Crippen LogP contribution in [-0.4, -0.2) is 12.5 Å². The van der Waals surface area contributed by atoms with Gasteiger partial charge in [0, 0.05) is 5.56 Å². The van der Waals surface area contributed by atoms with Gasteiger partial charge in [-0.3, -0.25) is 4.79 Å². The van der Waals surface area contributed by atoms with Gasteiger partial charge in [0.1, 0.15) is 5.75 Å². The van der Waals surface area contributed by atoms with Crippen molar-refractivity contribution in [3.8, 4) is 5.75 Å². The zero-order valence-electron chi connectivity index (χ0n) is 15.1. The van der Waals surface area contributed by atoms with Crippen molar-refractivity contribution in [1.82, 2.24) is 0 Å². The summed E-state index contributed by atoms with van der Waals surface area (Å²) in [7, 11) is 0. The van der Waals surface area contributed by atoms with Gasteiger partial charge >= 0.3 is 0 Å². The molecule has 0 saturated carbocycles. The Labute approximate surface area is 165 Å². The standard InChI is InChI=1S/C21H25Cl2NO2/c1-2-3-4-5-6-7-15-26-17-13-11-16(12-14-17)21(25)24-19-10-8-9-18(22)20(19)23/h8-14H,2-7,15H2,1H3,(H,24,25). The maximum absolute atomic E-state index is 12.3. The Balaban J connectivity index is 1.79. The maximum atomic E-state index is 12.3. The summed E-state index contributed by atoms with van der Waals surface area (Å²) in [6.45, 7) is 2.92. The third kappa shape index (κ3) is 6.54. The number of hydrogen-bond donors (Lipinski definition) is 1. The smallest absolute Gasteiger partial charge is 0.255 e. The van der Waals surface area contributed by atoms with Crippen molar-refractivity contribution in [3.05, 3.63) is 58.1 Å². The van der Waals surface area contributed by atoms with Crippen LogP contribution in [0.15, 0.2) is 42.5 Å². The van der Waals surface area contributed by atoms with Gasteiger partial charge in [-0.05, 0) is 42.8 Å². The first-order valence-corrected chi connectivity index (χ1v) is 9.85. The summed E-state index contributed by atoms with van der Waals surface area (Å²) in [6.07, 6.45) is 7.39. The Hall–Kier alpha value is -1.71. The van der Waals surface area contributed by atoms with Gasteiger partial charge in [0.25, 0.3) is 5.91 Å². The first-order chi connectivity index (χ1) is 12.6. The molecule has 0 unspecified atom stereocenters. The Morgan fingerprint density at radius 3 is 2.38 bits per heavy atom. The fourth-order valence-corrected chi connectivity index (χ4v) is 2.92. The first kappa shape index (κ1) is 20.6. The van der Waals surface area contributed by atoms with Crippen molar-refractivity contribution in [1.29, 1.82) is 0 Å². The SMILES string of the molecule is CCCCCCCCOc1ccc(C(=O)Nc2cccc(Cl)c2Cl)cc1. The third-order valence-electron chi connectivity index (χ3n) is 4.08. The van der Waals surface area contributed by atoms with E-state index in [2.05, 4.69) is 12.2 Å². The molecular formula is C21H25Cl2NO2. The van der Waals surface area contributed by atoms with Crippen LogP contribution in [0.1, 0.15) is 55.8 Å². The molecule has 0 radical (unpaired) electrons. The van der Waals surface area contributed by atoms with Crippen molar-refractivity contribution < 1.29 is 9.53 Å². The minimum Gasteiger partial charge on any atom is -0.494 e. The van der Waals surface area contributed by atoms with Crippen LogP contribution in [0.4, 0.5) is 5.69 Å². The van der Waals surface area contributed by atoms with Crippen LogP contribution >= 0.6 is 23.2 Å². The van der Waals surface area contributed by atoms with Crippen molar-refractivity contribution in [2.75, 3.05) is 11.9 Å².